The van der Waals surface area contributed by atoms with E-state index in [0.29, 0.717) is 17.7 Å². The first-order chi connectivity index (χ1) is 6.77. The molecule has 1 aromatic rings. The second kappa shape index (κ2) is 5.17. The molecule has 0 N–H and O–H groups in total. The van der Waals surface area contributed by atoms with Crippen LogP contribution in [0.1, 0.15) is 29.3 Å². The van der Waals surface area contributed by atoms with Crippen LogP contribution >= 0.6 is 0 Å². The van der Waals surface area contributed by atoms with E-state index in [9.17, 15) is 9.59 Å². The van der Waals surface area contributed by atoms with E-state index in [4.69, 9.17) is 4.74 Å². The first-order valence-corrected chi connectivity index (χ1v) is 4.43. The molecular formula is C11H11O3. The molecule has 0 heterocycles. The normalized spacial score (nSPS) is 9.50. The topological polar surface area (TPSA) is 43.4 Å². The Balaban J connectivity index is 2.66. The molecule has 1 aromatic carbocycles. The number of benzene rings is 1. The third-order valence-corrected chi connectivity index (χ3v) is 1.68. The van der Waals surface area contributed by atoms with Crippen molar-refractivity contribution in [3.63, 3.8) is 0 Å². The van der Waals surface area contributed by atoms with Gasteiger partial charge >= 0.3 is 5.97 Å². The molecule has 0 aromatic heterocycles. The highest BCUT2D eigenvalue weighted by atomic mass is 16.5. The highest BCUT2D eigenvalue weighted by molar-refractivity contribution is 5.90. The second-order valence-electron chi connectivity index (χ2n) is 2.82. The fourth-order valence-electron chi connectivity index (χ4n) is 0.952. The van der Waals surface area contributed by atoms with Gasteiger partial charge in [-0.1, -0.05) is 19.1 Å². The van der Waals surface area contributed by atoms with E-state index in [-0.39, 0.29) is 5.97 Å². The van der Waals surface area contributed by atoms with Crippen molar-refractivity contribution in [3.05, 3.63) is 35.4 Å². The summed E-state index contributed by atoms with van der Waals surface area (Å²) in [7, 11) is 0. The Morgan fingerprint density at radius 2 is 2.00 bits per heavy atom. The zero-order valence-corrected chi connectivity index (χ0v) is 7.95. The number of hydrogen-bond donors (Lipinski definition) is 0. The summed E-state index contributed by atoms with van der Waals surface area (Å²) in [5.74, 6) is -0.357. The Hall–Kier alpha value is -1.64. The van der Waals surface area contributed by atoms with Gasteiger partial charge in [-0.2, -0.15) is 0 Å². The fraction of sp³-hybridized carbons (Fsp3) is 0.273. The van der Waals surface area contributed by atoms with Gasteiger partial charge < -0.3 is 4.74 Å². The van der Waals surface area contributed by atoms with E-state index in [0.717, 1.165) is 6.42 Å². The number of rotatable bonds is 4. The lowest BCUT2D eigenvalue weighted by molar-refractivity contribution is 0.0505. The SMILES string of the molecule is CCCOC(=O)c1ccc([C]=O)cc1. The maximum atomic E-state index is 11.3. The lowest BCUT2D eigenvalue weighted by atomic mass is 10.1. The molecule has 0 unspecified atom stereocenters. The number of carbonyl (C=O) groups is 1. The van der Waals surface area contributed by atoms with Gasteiger partial charge in [0.15, 0.2) is 0 Å². The van der Waals surface area contributed by atoms with E-state index < -0.39 is 0 Å². The average Bonchev–Trinajstić information content (AvgIpc) is 2.26. The van der Waals surface area contributed by atoms with Gasteiger partial charge in [0.2, 0.25) is 6.29 Å². The predicted octanol–water partition coefficient (Wildman–Crippen LogP) is 1.71. The Morgan fingerprint density at radius 1 is 1.36 bits per heavy atom. The minimum atomic E-state index is -0.357. The Kier molecular flexibility index (Phi) is 3.85. The molecule has 0 saturated carbocycles. The second-order valence-corrected chi connectivity index (χ2v) is 2.82. The predicted molar refractivity (Wildman–Crippen MR) is 51.8 cm³/mol. The average molecular weight is 191 g/mol. The van der Waals surface area contributed by atoms with Gasteiger partial charge in [0, 0.05) is 5.56 Å². The van der Waals surface area contributed by atoms with Gasteiger partial charge in [0.25, 0.3) is 0 Å². The van der Waals surface area contributed by atoms with E-state index >= 15 is 0 Å². The molecule has 0 fully saturated rings. The molecule has 1 rings (SSSR count). The summed E-state index contributed by atoms with van der Waals surface area (Å²) >= 11 is 0. The van der Waals surface area contributed by atoms with Crippen LogP contribution in [-0.2, 0) is 9.53 Å². The number of hydrogen-bond acceptors (Lipinski definition) is 3. The van der Waals surface area contributed by atoms with Crippen LogP contribution in [0.25, 0.3) is 0 Å². The van der Waals surface area contributed by atoms with Gasteiger partial charge in [0.05, 0.1) is 12.2 Å². The van der Waals surface area contributed by atoms with Crippen LogP contribution in [0.2, 0.25) is 0 Å². The van der Waals surface area contributed by atoms with Crippen molar-refractivity contribution in [2.75, 3.05) is 6.61 Å². The maximum absolute atomic E-state index is 11.3. The Labute approximate surface area is 82.7 Å². The Morgan fingerprint density at radius 3 is 2.50 bits per heavy atom. The summed E-state index contributed by atoms with van der Waals surface area (Å²) in [5.41, 5.74) is 0.884. The summed E-state index contributed by atoms with van der Waals surface area (Å²) in [6.07, 6.45) is 2.53. The maximum Gasteiger partial charge on any atom is 0.338 e. The fourth-order valence-corrected chi connectivity index (χ4v) is 0.952. The van der Waals surface area contributed by atoms with E-state index in [1.165, 1.54) is 12.1 Å². The molecule has 0 spiro atoms. The van der Waals surface area contributed by atoms with Crippen LogP contribution in [0.15, 0.2) is 24.3 Å². The smallest absolute Gasteiger partial charge is 0.338 e. The standard InChI is InChI=1S/C11H11O3/c1-2-7-14-11(13)10-5-3-9(8-12)4-6-10/h3-6H,2,7H2,1H3. The van der Waals surface area contributed by atoms with Crippen molar-refractivity contribution in [2.24, 2.45) is 0 Å². The van der Waals surface area contributed by atoms with E-state index in [1.807, 2.05) is 6.92 Å². The number of ether oxygens (including phenoxy) is 1. The highest BCUT2D eigenvalue weighted by Gasteiger charge is 2.05. The van der Waals surface area contributed by atoms with Crippen molar-refractivity contribution in [2.45, 2.75) is 13.3 Å². The van der Waals surface area contributed by atoms with Gasteiger partial charge in [-0.05, 0) is 18.6 Å². The minimum Gasteiger partial charge on any atom is -0.462 e. The van der Waals surface area contributed by atoms with E-state index in [2.05, 4.69) is 0 Å². The summed E-state index contributed by atoms with van der Waals surface area (Å²) in [5, 5.41) is 0. The molecule has 0 aliphatic heterocycles. The van der Waals surface area contributed by atoms with Crippen LogP contribution in [0.3, 0.4) is 0 Å². The highest BCUT2D eigenvalue weighted by Crippen LogP contribution is 2.04. The van der Waals surface area contributed by atoms with Crippen LogP contribution in [0.4, 0.5) is 0 Å². The number of esters is 1. The molecule has 0 aliphatic carbocycles. The first kappa shape index (κ1) is 10.4. The summed E-state index contributed by atoms with van der Waals surface area (Å²) < 4.78 is 4.91. The molecule has 3 nitrogen and oxygen atoms in total. The molecule has 1 radical (unpaired) electrons. The third-order valence-electron chi connectivity index (χ3n) is 1.68. The quantitative estimate of drug-likeness (QED) is 0.680. The molecule has 3 heteroatoms. The van der Waals surface area contributed by atoms with Crippen molar-refractivity contribution >= 4 is 12.3 Å². The molecule has 73 valence electrons. The van der Waals surface area contributed by atoms with Crippen LogP contribution < -0.4 is 0 Å². The largest absolute Gasteiger partial charge is 0.462 e. The molecule has 0 saturated heterocycles. The van der Waals surface area contributed by atoms with Gasteiger partial charge in [-0.15, -0.1) is 0 Å². The van der Waals surface area contributed by atoms with Crippen molar-refractivity contribution in [1.29, 1.82) is 0 Å². The van der Waals surface area contributed by atoms with Gasteiger partial charge in [0.1, 0.15) is 0 Å². The van der Waals surface area contributed by atoms with Crippen molar-refractivity contribution < 1.29 is 14.3 Å². The Bertz CT molecular complexity index is 314. The number of carbonyl (C=O) groups excluding carboxylic acids is 2. The summed E-state index contributed by atoms with van der Waals surface area (Å²) in [6.45, 7) is 2.35. The van der Waals surface area contributed by atoms with E-state index in [1.54, 1.807) is 18.4 Å². The van der Waals surface area contributed by atoms with Crippen molar-refractivity contribution in [1.82, 2.24) is 0 Å². The molecular weight excluding hydrogens is 180 g/mol. The lowest BCUT2D eigenvalue weighted by Gasteiger charge is -2.02. The van der Waals surface area contributed by atoms with Crippen LogP contribution in [-0.4, -0.2) is 18.9 Å². The molecule has 0 atom stereocenters. The molecule has 0 amide bonds. The van der Waals surface area contributed by atoms with Gasteiger partial charge in [-0.25, -0.2) is 4.79 Å². The first-order valence-electron chi connectivity index (χ1n) is 4.43. The summed E-state index contributed by atoms with van der Waals surface area (Å²) in [6, 6.07) is 6.18. The summed E-state index contributed by atoms with van der Waals surface area (Å²) in [4.78, 5) is 21.5. The minimum absolute atomic E-state index is 0.357. The van der Waals surface area contributed by atoms with Crippen LogP contribution in [0.5, 0.6) is 0 Å². The monoisotopic (exact) mass is 191 g/mol. The zero-order valence-electron chi connectivity index (χ0n) is 7.95. The van der Waals surface area contributed by atoms with Crippen LogP contribution in [0, 0.1) is 0 Å². The molecule has 0 bridgehead atoms. The van der Waals surface area contributed by atoms with Crippen molar-refractivity contribution in [3.8, 4) is 0 Å². The molecule has 14 heavy (non-hydrogen) atoms. The zero-order chi connectivity index (χ0) is 10.4. The molecule has 0 aliphatic rings. The van der Waals surface area contributed by atoms with Gasteiger partial charge in [-0.3, -0.25) is 4.79 Å². The third kappa shape index (κ3) is 2.69. The lowest BCUT2D eigenvalue weighted by Crippen LogP contribution is -2.05.